The molecular formula is C27H38Cl2N8O2. The van der Waals surface area contributed by atoms with Crippen LogP contribution in [0.1, 0.15) is 59.5 Å². The second-order valence-corrected chi connectivity index (χ2v) is 11.3. The minimum absolute atomic E-state index is 0.0391. The zero-order chi connectivity index (χ0) is 28.3. The summed E-state index contributed by atoms with van der Waals surface area (Å²) < 4.78 is 0. The number of rotatable bonds is 7. The monoisotopic (exact) mass is 576 g/mol. The maximum Gasteiger partial charge on any atom is 0.273 e. The van der Waals surface area contributed by atoms with Crippen LogP contribution in [0.4, 0.5) is 11.6 Å². The summed E-state index contributed by atoms with van der Waals surface area (Å²) in [5, 5.41) is 5.98. The van der Waals surface area contributed by atoms with E-state index in [0.29, 0.717) is 29.0 Å². The Balaban J connectivity index is 1.42. The molecule has 0 bridgehead atoms. The highest BCUT2D eigenvalue weighted by Gasteiger charge is 2.41. The van der Waals surface area contributed by atoms with Gasteiger partial charge < -0.3 is 21.3 Å². The lowest BCUT2D eigenvalue weighted by Gasteiger charge is -2.53. The standard InChI is InChI=1S/C27H38Cl2N8O2/c1-5-19-16-36(24-22(29)33-21(23(30)34-24)26(39)32-4)12-13-37(19)27(2)8-10-35(11-9-27)15-17-6-7-18(28)14-20(17)25(38)31-3/h6-7,14,19H,5,8-13,15-16H2,1-4H3,(H2,30,34)(H,31,38)(H,32,39)/t19-/m0/s1. The minimum Gasteiger partial charge on any atom is -0.382 e. The van der Waals surface area contributed by atoms with E-state index in [0.717, 1.165) is 57.5 Å². The molecule has 1 aromatic carbocycles. The van der Waals surface area contributed by atoms with Gasteiger partial charge >= 0.3 is 0 Å². The molecular weight excluding hydrogens is 539 g/mol. The largest absolute Gasteiger partial charge is 0.382 e. The molecule has 2 fully saturated rings. The van der Waals surface area contributed by atoms with E-state index in [9.17, 15) is 9.59 Å². The number of hydrogen-bond acceptors (Lipinski definition) is 8. The third kappa shape index (κ3) is 6.24. The summed E-state index contributed by atoms with van der Waals surface area (Å²) in [6.45, 7) is 9.52. The van der Waals surface area contributed by atoms with Crippen LogP contribution in [-0.2, 0) is 6.54 Å². The lowest BCUT2D eigenvalue weighted by atomic mass is 9.85. The van der Waals surface area contributed by atoms with Crippen molar-refractivity contribution in [2.24, 2.45) is 0 Å². The van der Waals surface area contributed by atoms with Crippen LogP contribution in [0.2, 0.25) is 10.2 Å². The number of piperazine rings is 1. The minimum atomic E-state index is -0.412. The van der Waals surface area contributed by atoms with Crippen LogP contribution in [0.15, 0.2) is 18.2 Å². The molecule has 0 unspecified atom stereocenters. The lowest BCUT2D eigenvalue weighted by molar-refractivity contribution is -0.00589. The maximum absolute atomic E-state index is 12.4. The number of nitrogens with one attached hydrogen (secondary N) is 2. The van der Waals surface area contributed by atoms with Crippen molar-refractivity contribution in [2.45, 2.75) is 51.2 Å². The van der Waals surface area contributed by atoms with Crippen molar-refractivity contribution in [3.63, 3.8) is 0 Å². The van der Waals surface area contributed by atoms with Gasteiger partial charge in [-0.2, -0.15) is 0 Å². The Morgan fingerprint density at radius 1 is 1.08 bits per heavy atom. The summed E-state index contributed by atoms with van der Waals surface area (Å²) in [5.41, 5.74) is 7.77. The molecule has 0 spiro atoms. The third-order valence-electron chi connectivity index (χ3n) is 8.12. The fourth-order valence-corrected chi connectivity index (χ4v) is 6.19. The van der Waals surface area contributed by atoms with Crippen molar-refractivity contribution in [3.8, 4) is 0 Å². The summed E-state index contributed by atoms with van der Waals surface area (Å²) in [6.07, 6.45) is 3.04. The quantitative estimate of drug-likeness (QED) is 0.460. The van der Waals surface area contributed by atoms with E-state index < -0.39 is 5.91 Å². The van der Waals surface area contributed by atoms with E-state index in [2.05, 4.69) is 49.1 Å². The number of piperidine rings is 1. The molecule has 2 aromatic rings. The van der Waals surface area contributed by atoms with Crippen LogP contribution >= 0.6 is 23.2 Å². The fourth-order valence-electron chi connectivity index (χ4n) is 5.77. The van der Waals surface area contributed by atoms with Gasteiger partial charge in [0.05, 0.1) is 0 Å². The second kappa shape index (κ2) is 12.2. The van der Waals surface area contributed by atoms with Crippen molar-refractivity contribution in [1.29, 1.82) is 0 Å². The lowest BCUT2D eigenvalue weighted by Crippen LogP contribution is -2.63. The number of nitrogen functional groups attached to an aromatic ring is 1. The number of benzene rings is 1. The van der Waals surface area contributed by atoms with Crippen LogP contribution in [-0.4, -0.2) is 90.0 Å². The SMILES string of the molecule is CC[C@H]1CN(c2nc(N)c(C(=O)NC)nc2Cl)CCN1C1(C)CCN(Cc2ccc(Cl)cc2C(=O)NC)CC1. The van der Waals surface area contributed by atoms with Crippen molar-refractivity contribution in [1.82, 2.24) is 30.4 Å². The molecule has 2 amide bonds. The molecule has 4 N–H and O–H groups in total. The van der Waals surface area contributed by atoms with Gasteiger partial charge in [-0.05, 0) is 43.9 Å². The average molecular weight is 578 g/mol. The van der Waals surface area contributed by atoms with E-state index >= 15 is 0 Å². The molecule has 2 aliphatic heterocycles. The summed E-state index contributed by atoms with van der Waals surface area (Å²) in [4.78, 5) is 40.3. The number of carbonyl (C=O) groups is 2. The van der Waals surface area contributed by atoms with Gasteiger partial charge in [0.2, 0.25) is 0 Å². The molecule has 2 aliphatic rings. The van der Waals surface area contributed by atoms with Crippen molar-refractivity contribution >= 4 is 46.7 Å². The van der Waals surface area contributed by atoms with Gasteiger partial charge in [0, 0.05) is 75.5 Å². The highest BCUT2D eigenvalue weighted by Crippen LogP contribution is 2.35. The molecule has 0 aliphatic carbocycles. The van der Waals surface area contributed by atoms with Crippen LogP contribution in [0.25, 0.3) is 0 Å². The average Bonchev–Trinajstić information content (AvgIpc) is 2.94. The summed E-state index contributed by atoms with van der Waals surface area (Å²) in [7, 11) is 3.15. The van der Waals surface area contributed by atoms with Gasteiger partial charge in [-0.3, -0.25) is 19.4 Å². The predicted molar refractivity (Wildman–Crippen MR) is 156 cm³/mol. The number of carbonyl (C=O) groups excluding carboxylic acids is 2. The fraction of sp³-hybridized carbons (Fsp3) is 0.556. The number of anilines is 2. The number of amides is 2. The predicted octanol–water partition coefficient (Wildman–Crippen LogP) is 3.04. The Labute approximate surface area is 240 Å². The number of hydrogen-bond donors (Lipinski definition) is 3. The van der Waals surface area contributed by atoms with Crippen molar-refractivity contribution in [2.75, 3.05) is 57.5 Å². The Morgan fingerprint density at radius 3 is 2.41 bits per heavy atom. The first kappa shape index (κ1) is 29.3. The molecule has 212 valence electrons. The normalized spacial score (nSPS) is 20.1. The smallest absolute Gasteiger partial charge is 0.273 e. The molecule has 10 nitrogen and oxygen atoms in total. The van der Waals surface area contributed by atoms with Crippen LogP contribution in [0.3, 0.4) is 0 Å². The summed E-state index contributed by atoms with van der Waals surface area (Å²) in [5.74, 6) is 0.0660. The first-order valence-electron chi connectivity index (χ1n) is 13.4. The van der Waals surface area contributed by atoms with Crippen molar-refractivity contribution < 1.29 is 9.59 Å². The number of halogens is 2. The van der Waals surface area contributed by atoms with Crippen molar-refractivity contribution in [3.05, 3.63) is 45.2 Å². The molecule has 4 rings (SSSR count). The van der Waals surface area contributed by atoms with E-state index in [1.165, 1.54) is 7.05 Å². The zero-order valence-electron chi connectivity index (χ0n) is 23.1. The van der Waals surface area contributed by atoms with E-state index in [1.54, 1.807) is 13.1 Å². The van der Waals surface area contributed by atoms with Gasteiger partial charge in [0.1, 0.15) is 0 Å². The van der Waals surface area contributed by atoms with Crippen LogP contribution in [0, 0.1) is 0 Å². The van der Waals surface area contributed by atoms with Gasteiger partial charge in [-0.25, -0.2) is 9.97 Å². The number of likely N-dealkylation sites (tertiary alicyclic amines) is 1. The van der Waals surface area contributed by atoms with E-state index in [-0.39, 0.29) is 28.1 Å². The molecule has 1 atom stereocenters. The highest BCUT2D eigenvalue weighted by molar-refractivity contribution is 6.32. The van der Waals surface area contributed by atoms with Crippen LogP contribution < -0.4 is 21.3 Å². The topological polar surface area (TPSA) is 120 Å². The summed E-state index contributed by atoms with van der Waals surface area (Å²) >= 11 is 12.6. The molecule has 0 saturated carbocycles. The Kier molecular flexibility index (Phi) is 9.21. The van der Waals surface area contributed by atoms with E-state index in [1.807, 2.05) is 12.1 Å². The first-order chi connectivity index (χ1) is 18.6. The summed E-state index contributed by atoms with van der Waals surface area (Å²) in [6, 6.07) is 5.85. The number of aromatic nitrogens is 2. The first-order valence-corrected chi connectivity index (χ1v) is 14.2. The third-order valence-corrected chi connectivity index (χ3v) is 8.61. The van der Waals surface area contributed by atoms with E-state index in [4.69, 9.17) is 28.9 Å². The molecule has 39 heavy (non-hydrogen) atoms. The zero-order valence-corrected chi connectivity index (χ0v) is 24.6. The number of nitrogens with zero attached hydrogens (tertiary/aromatic N) is 5. The molecule has 2 saturated heterocycles. The number of nitrogens with two attached hydrogens (primary N) is 1. The molecule has 12 heteroatoms. The Bertz CT molecular complexity index is 1220. The maximum atomic E-state index is 12.4. The second-order valence-electron chi connectivity index (χ2n) is 10.5. The van der Waals surface area contributed by atoms with Gasteiger partial charge in [-0.1, -0.05) is 36.2 Å². The Morgan fingerprint density at radius 2 is 1.77 bits per heavy atom. The van der Waals surface area contributed by atoms with Gasteiger partial charge in [0.15, 0.2) is 22.5 Å². The molecule has 1 aromatic heterocycles. The highest BCUT2D eigenvalue weighted by atomic mass is 35.5. The molecule has 0 radical (unpaired) electrons. The van der Waals surface area contributed by atoms with Gasteiger partial charge in [-0.15, -0.1) is 0 Å². The van der Waals surface area contributed by atoms with Crippen LogP contribution in [0.5, 0.6) is 0 Å². The molecule has 3 heterocycles. The van der Waals surface area contributed by atoms with Gasteiger partial charge in [0.25, 0.3) is 11.8 Å². The Hall–Kier alpha value is -2.66.